The average molecular weight is 193 g/mol. The molecule has 0 amide bonds. The van der Waals surface area contributed by atoms with Gasteiger partial charge in [0.25, 0.3) is 0 Å². The maximum absolute atomic E-state index is 3.83. The van der Waals surface area contributed by atoms with E-state index < -0.39 is 0 Å². The van der Waals surface area contributed by atoms with Crippen LogP contribution in [0.3, 0.4) is 0 Å². The Morgan fingerprint density at radius 1 is 0.929 bits per heavy atom. The summed E-state index contributed by atoms with van der Waals surface area (Å²) in [6.45, 7) is 4.78. The van der Waals surface area contributed by atoms with Crippen LogP contribution in [0.15, 0.2) is 0 Å². The van der Waals surface area contributed by atoms with E-state index in [0.29, 0.717) is 5.41 Å². The summed E-state index contributed by atoms with van der Waals surface area (Å²) in [7, 11) is 0. The number of nitrogens with one attached hydrogen (secondary N) is 1. The van der Waals surface area contributed by atoms with Gasteiger partial charge in [0, 0.05) is 12.1 Å². The predicted molar refractivity (Wildman–Crippen MR) is 59.2 cm³/mol. The molecule has 0 radical (unpaired) electrons. The second-order valence-electron chi connectivity index (χ2n) is 6.89. The minimum atomic E-state index is 0.634. The Bertz CT molecular complexity index is 224. The number of rotatable bonds is 2. The van der Waals surface area contributed by atoms with Crippen LogP contribution < -0.4 is 5.32 Å². The molecule has 1 spiro atoms. The van der Waals surface area contributed by atoms with Crippen molar-refractivity contribution >= 4 is 0 Å². The molecule has 3 fully saturated rings. The summed E-state index contributed by atoms with van der Waals surface area (Å²) in [5, 5.41) is 3.83. The van der Waals surface area contributed by atoms with Crippen molar-refractivity contribution in [3.05, 3.63) is 0 Å². The van der Waals surface area contributed by atoms with Crippen LogP contribution in [0, 0.1) is 10.8 Å². The topological polar surface area (TPSA) is 12.0 Å². The summed E-state index contributed by atoms with van der Waals surface area (Å²) in [5.74, 6) is 0. The van der Waals surface area contributed by atoms with E-state index in [9.17, 15) is 0 Å². The van der Waals surface area contributed by atoms with Crippen molar-refractivity contribution in [2.24, 2.45) is 10.8 Å². The third-order valence-corrected chi connectivity index (χ3v) is 4.84. The normalized spacial score (nSPS) is 38.6. The lowest BCUT2D eigenvalue weighted by Crippen LogP contribution is -2.58. The first-order valence-electron chi connectivity index (χ1n) is 6.33. The van der Waals surface area contributed by atoms with Crippen LogP contribution in [-0.4, -0.2) is 12.1 Å². The zero-order valence-corrected chi connectivity index (χ0v) is 9.60. The zero-order valence-electron chi connectivity index (χ0n) is 9.60. The van der Waals surface area contributed by atoms with E-state index in [4.69, 9.17) is 0 Å². The number of hydrogen-bond donors (Lipinski definition) is 1. The molecule has 3 aliphatic carbocycles. The summed E-state index contributed by atoms with van der Waals surface area (Å²) in [6.07, 6.45) is 10.3. The Morgan fingerprint density at radius 2 is 1.50 bits per heavy atom. The Labute approximate surface area is 87.7 Å². The van der Waals surface area contributed by atoms with Gasteiger partial charge in [-0.05, 0) is 49.4 Å². The van der Waals surface area contributed by atoms with Crippen molar-refractivity contribution in [2.75, 3.05) is 0 Å². The van der Waals surface area contributed by atoms with Crippen molar-refractivity contribution in [3.8, 4) is 0 Å². The van der Waals surface area contributed by atoms with E-state index in [1.165, 1.54) is 44.9 Å². The Morgan fingerprint density at radius 3 is 1.93 bits per heavy atom. The van der Waals surface area contributed by atoms with Crippen molar-refractivity contribution in [3.63, 3.8) is 0 Å². The molecule has 1 nitrogen and oxygen atoms in total. The first kappa shape index (κ1) is 9.21. The lowest BCUT2D eigenvalue weighted by molar-refractivity contribution is -0.0194. The molecule has 0 aromatic heterocycles. The van der Waals surface area contributed by atoms with E-state index in [2.05, 4.69) is 19.2 Å². The second-order valence-corrected chi connectivity index (χ2v) is 6.89. The third kappa shape index (κ3) is 1.41. The largest absolute Gasteiger partial charge is 0.311 e. The van der Waals surface area contributed by atoms with Crippen LogP contribution in [0.25, 0.3) is 0 Å². The van der Waals surface area contributed by atoms with E-state index in [1.807, 2.05) is 0 Å². The van der Waals surface area contributed by atoms with Gasteiger partial charge in [0.1, 0.15) is 0 Å². The summed E-state index contributed by atoms with van der Waals surface area (Å²) in [5.41, 5.74) is 1.48. The second kappa shape index (κ2) is 2.75. The van der Waals surface area contributed by atoms with E-state index in [-0.39, 0.29) is 0 Å². The maximum atomic E-state index is 3.83. The van der Waals surface area contributed by atoms with Crippen LogP contribution >= 0.6 is 0 Å². The van der Waals surface area contributed by atoms with Gasteiger partial charge in [-0.3, -0.25) is 0 Å². The maximum Gasteiger partial charge on any atom is 0.00802 e. The molecular formula is C13H23N. The highest BCUT2D eigenvalue weighted by atomic mass is 15.0. The van der Waals surface area contributed by atoms with Gasteiger partial charge < -0.3 is 5.32 Å². The van der Waals surface area contributed by atoms with Gasteiger partial charge in [0.2, 0.25) is 0 Å². The van der Waals surface area contributed by atoms with Crippen LogP contribution in [0.1, 0.15) is 58.8 Å². The quantitative estimate of drug-likeness (QED) is 0.710. The van der Waals surface area contributed by atoms with Crippen LogP contribution in [0.5, 0.6) is 0 Å². The van der Waals surface area contributed by atoms with Gasteiger partial charge in [-0.15, -0.1) is 0 Å². The minimum Gasteiger partial charge on any atom is -0.311 e. The van der Waals surface area contributed by atoms with Gasteiger partial charge in [-0.25, -0.2) is 0 Å². The predicted octanol–water partition coefficient (Wildman–Crippen LogP) is 3.10. The summed E-state index contributed by atoms with van der Waals surface area (Å²) >= 11 is 0. The molecule has 0 saturated heterocycles. The number of hydrogen-bond acceptors (Lipinski definition) is 1. The molecule has 0 aliphatic heterocycles. The molecule has 0 aromatic carbocycles. The molecular weight excluding hydrogens is 170 g/mol. The van der Waals surface area contributed by atoms with Gasteiger partial charge in [-0.1, -0.05) is 20.3 Å². The molecule has 14 heavy (non-hydrogen) atoms. The summed E-state index contributed by atoms with van der Waals surface area (Å²) < 4.78 is 0. The first-order valence-corrected chi connectivity index (χ1v) is 6.33. The average Bonchev–Trinajstić information content (AvgIpc) is 1.87. The molecule has 1 heteroatoms. The summed E-state index contributed by atoms with van der Waals surface area (Å²) in [4.78, 5) is 0. The highest BCUT2D eigenvalue weighted by Gasteiger charge is 2.49. The lowest BCUT2D eigenvalue weighted by atomic mass is 9.53. The smallest absolute Gasteiger partial charge is 0.00802 e. The highest BCUT2D eigenvalue weighted by molar-refractivity contribution is 5.04. The molecule has 0 aromatic rings. The molecule has 3 rings (SSSR count). The molecule has 1 N–H and O–H groups in total. The van der Waals surface area contributed by atoms with Crippen LogP contribution in [0.4, 0.5) is 0 Å². The first-order chi connectivity index (χ1) is 6.57. The van der Waals surface area contributed by atoms with Crippen molar-refractivity contribution in [2.45, 2.75) is 70.9 Å². The molecule has 3 saturated carbocycles. The zero-order chi connectivity index (χ0) is 9.81. The lowest BCUT2D eigenvalue weighted by Gasteiger charge is -2.56. The monoisotopic (exact) mass is 193 g/mol. The van der Waals surface area contributed by atoms with Crippen LogP contribution in [0.2, 0.25) is 0 Å². The Kier molecular flexibility index (Phi) is 1.81. The van der Waals surface area contributed by atoms with Crippen molar-refractivity contribution in [1.29, 1.82) is 0 Å². The van der Waals surface area contributed by atoms with Gasteiger partial charge >= 0.3 is 0 Å². The van der Waals surface area contributed by atoms with Gasteiger partial charge in [0.15, 0.2) is 0 Å². The minimum absolute atomic E-state index is 0.634. The molecule has 0 heterocycles. The highest BCUT2D eigenvalue weighted by Crippen LogP contribution is 2.56. The SMILES string of the molecule is CC1(C)CC(NC2CC3(CCC3)C2)C1. The van der Waals surface area contributed by atoms with E-state index in [0.717, 1.165) is 17.5 Å². The summed E-state index contributed by atoms with van der Waals surface area (Å²) in [6, 6.07) is 1.74. The molecule has 3 aliphatic rings. The molecule has 0 unspecified atom stereocenters. The van der Waals surface area contributed by atoms with E-state index in [1.54, 1.807) is 0 Å². The van der Waals surface area contributed by atoms with Crippen LogP contribution in [-0.2, 0) is 0 Å². The van der Waals surface area contributed by atoms with Crippen molar-refractivity contribution < 1.29 is 0 Å². The molecule has 80 valence electrons. The van der Waals surface area contributed by atoms with Gasteiger partial charge in [0.05, 0.1) is 0 Å². The fourth-order valence-corrected chi connectivity index (χ4v) is 3.91. The Balaban J connectivity index is 1.40. The standard InChI is InChI=1S/C13H23N/c1-12(2)6-10(7-12)14-11-8-13(9-11)4-3-5-13/h10-11,14H,3-9H2,1-2H3. The van der Waals surface area contributed by atoms with E-state index >= 15 is 0 Å². The Hall–Kier alpha value is -0.0400. The van der Waals surface area contributed by atoms with Gasteiger partial charge in [-0.2, -0.15) is 0 Å². The third-order valence-electron chi connectivity index (χ3n) is 4.84. The fourth-order valence-electron chi connectivity index (χ4n) is 3.91. The van der Waals surface area contributed by atoms with Crippen molar-refractivity contribution in [1.82, 2.24) is 5.32 Å². The molecule has 0 atom stereocenters. The molecule has 0 bridgehead atoms. The fraction of sp³-hybridized carbons (Fsp3) is 1.00.